The molecular formula is C45H65ClN2O14S. The number of fused-ring (bicyclic) bond motifs is 1. The van der Waals surface area contributed by atoms with Gasteiger partial charge in [0.05, 0.1) is 45.4 Å². The number of H-pyrrole nitrogens is 1. The van der Waals surface area contributed by atoms with Gasteiger partial charge in [0.25, 0.3) is 0 Å². The molecule has 2 aromatic carbocycles. The molecule has 0 aliphatic carbocycles. The lowest BCUT2D eigenvalue weighted by atomic mass is 9.93. The molecule has 0 radical (unpaired) electrons. The van der Waals surface area contributed by atoms with Gasteiger partial charge in [0.2, 0.25) is 27.3 Å². The molecule has 1 saturated heterocycles. The predicted molar refractivity (Wildman–Crippen MR) is 236 cm³/mol. The van der Waals surface area contributed by atoms with Crippen molar-refractivity contribution in [2.24, 2.45) is 21.7 Å². The smallest absolute Gasteiger partial charge is 0.311 e. The molecule has 16 nitrogen and oxygen atoms in total. The number of aliphatic hydroxyl groups is 1. The summed E-state index contributed by atoms with van der Waals surface area (Å²) < 4.78 is 61.6. The number of aryl methyl sites for hydroxylation is 2. The number of nitrogens with zero attached hydrogens (tertiary/aromatic N) is 1. The Morgan fingerprint density at radius 3 is 1.76 bits per heavy atom. The molecule has 0 saturated carbocycles. The van der Waals surface area contributed by atoms with Gasteiger partial charge in [-0.05, 0) is 125 Å². The third-order valence-electron chi connectivity index (χ3n) is 9.20. The first-order valence-corrected chi connectivity index (χ1v) is 23.4. The van der Waals surface area contributed by atoms with Crippen molar-refractivity contribution in [1.82, 2.24) is 10.2 Å². The van der Waals surface area contributed by atoms with Crippen LogP contribution in [0.5, 0.6) is 11.6 Å². The highest BCUT2D eigenvalue weighted by molar-refractivity contribution is 8.13. The predicted octanol–water partition coefficient (Wildman–Crippen LogP) is 6.86. The minimum atomic E-state index is -3.19. The maximum absolute atomic E-state index is 13.7. The summed E-state index contributed by atoms with van der Waals surface area (Å²) in [4.78, 5) is 54.0. The SMILES string of the molecule is CC(C)(C)C(=O)OC[C@H]1O[C@@H](Oc2n[nH]c3cccc(CCc4ccc(OCCCO)cc4)c23)[C@H](OC(=O)C(C)(C)C)[C@@H](OC(=O)C(C)(C)C)[C@@H]1OC(=O)C(C)(C)C.CS(=O)(=O)Cl. The van der Waals surface area contributed by atoms with Gasteiger partial charge in [-0.25, -0.2) is 8.42 Å². The second-order valence-corrected chi connectivity index (χ2v) is 22.5. The van der Waals surface area contributed by atoms with E-state index in [-0.39, 0.29) is 12.5 Å². The van der Waals surface area contributed by atoms with Crippen LogP contribution in [0.15, 0.2) is 42.5 Å². The fourth-order valence-corrected chi connectivity index (χ4v) is 5.59. The van der Waals surface area contributed by atoms with Gasteiger partial charge in [-0.3, -0.25) is 24.3 Å². The molecule has 2 heterocycles. The zero-order chi connectivity index (χ0) is 47.7. The van der Waals surface area contributed by atoms with Crippen LogP contribution < -0.4 is 9.47 Å². The minimum Gasteiger partial charge on any atom is -0.494 e. The highest BCUT2D eigenvalue weighted by Crippen LogP contribution is 2.37. The number of aromatic amines is 1. The Balaban J connectivity index is 0.00000199. The molecule has 0 unspecified atom stereocenters. The number of rotatable bonds is 14. The van der Waals surface area contributed by atoms with Crippen LogP contribution in [0.1, 0.15) is 101 Å². The molecule has 1 fully saturated rings. The molecule has 5 atom stereocenters. The summed E-state index contributed by atoms with van der Waals surface area (Å²) in [5.74, 6) is -1.70. The lowest BCUT2D eigenvalue weighted by molar-refractivity contribution is -0.294. The summed E-state index contributed by atoms with van der Waals surface area (Å²) in [5.41, 5.74) is -1.30. The molecule has 0 bridgehead atoms. The minimum absolute atomic E-state index is 0.0605. The summed E-state index contributed by atoms with van der Waals surface area (Å²) in [7, 11) is 1.31. The van der Waals surface area contributed by atoms with E-state index >= 15 is 0 Å². The number of hydrogen-bond acceptors (Lipinski definition) is 15. The fraction of sp³-hybridized carbons (Fsp3) is 0.622. The van der Waals surface area contributed by atoms with E-state index in [0.29, 0.717) is 42.5 Å². The van der Waals surface area contributed by atoms with Crippen molar-refractivity contribution in [2.75, 3.05) is 26.1 Å². The number of nitrogens with one attached hydrogen (secondary N) is 1. The van der Waals surface area contributed by atoms with Gasteiger partial charge in [0.1, 0.15) is 18.5 Å². The molecule has 1 aliphatic heterocycles. The van der Waals surface area contributed by atoms with E-state index in [0.717, 1.165) is 17.4 Å². The zero-order valence-corrected chi connectivity index (χ0v) is 40.2. The quantitative estimate of drug-likeness (QED) is 0.0731. The van der Waals surface area contributed by atoms with Crippen LogP contribution in [0.3, 0.4) is 0 Å². The van der Waals surface area contributed by atoms with Crippen LogP contribution in [-0.4, -0.2) is 104 Å². The Bertz CT molecular complexity index is 2120. The molecule has 0 amide bonds. The summed E-state index contributed by atoms with van der Waals surface area (Å²) in [5, 5.41) is 17.2. The highest BCUT2D eigenvalue weighted by Gasteiger charge is 2.56. The first-order chi connectivity index (χ1) is 28.9. The Labute approximate surface area is 375 Å². The number of aliphatic hydroxyl groups excluding tert-OH is 1. The molecule has 1 aliphatic rings. The number of benzene rings is 2. The van der Waals surface area contributed by atoms with Crippen LogP contribution in [0.4, 0.5) is 0 Å². The largest absolute Gasteiger partial charge is 0.494 e. The van der Waals surface area contributed by atoms with Crippen LogP contribution in [-0.2, 0) is 64.8 Å². The molecule has 1 aromatic heterocycles. The van der Waals surface area contributed by atoms with Crippen molar-refractivity contribution in [1.29, 1.82) is 0 Å². The van der Waals surface area contributed by atoms with E-state index in [9.17, 15) is 27.6 Å². The lowest BCUT2D eigenvalue weighted by Crippen LogP contribution is -2.65. The summed E-state index contributed by atoms with van der Waals surface area (Å²) in [6.07, 6.45) is -4.37. The van der Waals surface area contributed by atoms with Crippen molar-refractivity contribution in [2.45, 2.75) is 133 Å². The summed E-state index contributed by atoms with van der Waals surface area (Å²) >= 11 is 0. The maximum atomic E-state index is 13.7. The van der Waals surface area contributed by atoms with Crippen molar-refractivity contribution in [3.63, 3.8) is 0 Å². The Hall–Kier alpha value is -4.45. The first-order valence-electron chi connectivity index (χ1n) is 20.7. The molecular weight excluding hydrogens is 860 g/mol. The second-order valence-electron chi connectivity index (χ2n) is 19.5. The third kappa shape index (κ3) is 16.6. The van der Waals surface area contributed by atoms with Gasteiger partial charge in [-0.1, -0.05) is 24.3 Å². The van der Waals surface area contributed by atoms with Crippen molar-refractivity contribution < 1.29 is 65.9 Å². The van der Waals surface area contributed by atoms with Gasteiger partial charge in [-0.15, -0.1) is 5.10 Å². The fourth-order valence-electron chi connectivity index (χ4n) is 5.59. The van der Waals surface area contributed by atoms with Gasteiger partial charge in [-0.2, -0.15) is 0 Å². The standard InChI is InChI=1S/C44H62N2O12.CH3ClO2S/c1-41(2,3)37(48)53-25-30-32(55-38(49)42(4,5)6)33(56-39(50)43(7,8)9)34(57-40(51)44(10,11)12)36(54-30)58-35-31-27(15-13-16-29(31)45-46-35)20-17-26-18-21-28(22-19-26)52-24-14-23-47;1-5(2,3)4/h13,15-16,18-19,21-22,30,32-34,36,47H,14,17,20,23-25H2,1-12H3,(H,45,46);1H3/t30-,32-,33+,34-,36+;/m1./s1. The number of esters is 4. The highest BCUT2D eigenvalue weighted by atomic mass is 35.7. The third-order valence-corrected chi connectivity index (χ3v) is 9.20. The Morgan fingerprint density at radius 2 is 1.25 bits per heavy atom. The van der Waals surface area contributed by atoms with Crippen molar-refractivity contribution >= 4 is 54.5 Å². The van der Waals surface area contributed by atoms with Crippen LogP contribution in [0, 0.1) is 21.7 Å². The number of carbonyl (C=O) groups excluding carboxylic acids is 4. The first kappa shape index (κ1) is 52.9. The summed E-state index contributed by atoms with van der Waals surface area (Å²) in [6, 6.07) is 13.5. The summed E-state index contributed by atoms with van der Waals surface area (Å²) in [6.45, 7) is 20.1. The van der Waals surface area contributed by atoms with E-state index < -0.39 is 91.9 Å². The van der Waals surface area contributed by atoms with Gasteiger partial charge in [0, 0.05) is 23.7 Å². The molecule has 4 rings (SSSR count). The molecule has 3 aromatic rings. The average Bonchev–Trinajstić information content (AvgIpc) is 3.56. The molecule has 2 N–H and O–H groups in total. The topological polar surface area (TPSA) is 216 Å². The van der Waals surface area contributed by atoms with Crippen LogP contribution in [0.2, 0.25) is 0 Å². The molecule has 0 spiro atoms. The van der Waals surface area contributed by atoms with E-state index in [4.69, 9.17) is 38.3 Å². The van der Waals surface area contributed by atoms with Gasteiger partial charge < -0.3 is 38.3 Å². The van der Waals surface area contributed by atoms with E-state index in [1.165, 1.54) is 0 Å². The van der Waals surface area contributed by atoms with E-state index in [1.54, 1.807) is 83.1 Å². The zero-order valence-electron chi connectivity index (χ0n) is 38.7. The van der Waals surface area contributed by atoms with Crippen molar-refractivity contribution in [3.8, 4) is 11.6 Å². The maximum Gasteiger partial charge on any atom is 0.311 e. The molecule has 18 heteroatoms. The number of ether oxygens (including phenoxy) is 7. The monoisotopic (exact) mass is 924 g/mol. The number of aromatic nitrogens is 2. The van der Waals surface area contributed by atoms with Gasteiger partial charge in [0.15, 0.2) is 12.2 Å². The van der Waals surface area contributed by atoms with Gasteiger partial charge >= 0.3 is 23.9 Å². The second kappa shape index (κ2) is 21.5. The Morgan fingerprint density at radius 1 is 0.746 bits per heavy atom. The lowest BCUT2D eigenvalue weighted by Gasteiger charge is -2.45. The molecule has 352 valence electrons. The van der Waals surface area contributed by atoms with E-state index in [2.05, 4.69) is 20.9 Å². The van der Waals surface area contributed by atoms with Crippen molar-refractivity contribution in [3.05, 3.63) is 53.6 Å². The average molecular weight is 926 g/mol. The van der Waals surface area contributed by atoms with E-state index in [1.807, 2.05) is 42.5 Å². The van der Waals surface area contributed by atoms with Crippen LogP contribution in [0.25, 0.3) is 10.9 Å². The van der Waals surface area contributed by atoms with Crippen LogP contribution >= 0.6 is 10.7 Å². The molecule has 63 heavy (non-hydrogen) atoms. The number of hydrogen-bond donors (Lipinski definition) is 2. The Kier molecular flexibility index (Phi) is 18.0. The number of halogens is 1. The normalized spacial score (nSPS) is 19.6. The number of carbonyl (C=O) groups is 4.